The van der Waals surface area contributed by atoms with Gasteiger partial charge in [0.2, 0.25) is 0 Å². The number of nitrogens with two attached hydrogens (primary N) is 1. The van der Waals surface area contributed by atoms with E-state index in [1.165, 1.54) is 12.8 Å². The molecule has 1 aromatic rings. The summed E-state index contributed by atoms with van der Waals surface area (Å²) in [6.07, 6.45) is 7.08. The number of hydrogen-bond acceptors (Lipinski definition) is 3. The molecule has 1 aromatic heterocycles. The standard InChI is InChI=1S/C14H25N3O/c1-3-11(2)17-8-7-13(16-17)10-18-14-6-4-5-12(14)9-15/h7-8,11-12,14H,3-6,9-10,15H2,1-2H3. The summed E-state index contributed by atoms with van der Waals surface area (Å²) in [7, 11) is 0. The minimum Gasteiger partial charge on any atom is -0.372 e. The predicted molar refractivity (Wildman–Crippen MR) is 72.2 cm³/mol. The second-order valence-electron chi connectivity index (χ2n) is 5.32. The number of aromatic nitrogens is 2. The van der Waals surface area contributed by atoms with E-state index in [-0.39, 0.29) is 0 Å². The second kappa shape index (κ2) is 6.34. The first-order chi connectivity index (χ1) is 8.74. The van der Waals surface area contributed by atoms with Gasteiger partial charge in [0.25, 0.3) is 0 Å². The molecule has 0 aromatic carbocycles. The highest BCUT2D eigenvalue weighted by atomic mass is 16.5. The van der Waals surface area contributed by atoms with E-state index >= 15 is 0 Å². The number of ether oxygens (including phenoxy) is 1. The first kappa shape index (κ1) is 13.6. The van der Waals surface area contributed by atoms with Crippen molar-refractivity contribution in [2.24, 2.45) is 11.7 Å². The molecule has 0 bridgehead atoms. The van der Waals surface area contributed by atoms with Gasteiger partial charge in [-0.15, -0.1) is 0 Å². The normalized spacial score (nSPS) is 25.5. The van der Waals surface area contributed by atoms with Crippen molar-refractivity contribution in [2.45, 2.75) is 58.3 Å². The van der Waals surface area contributed by atoms with E-state index in [1.807, 2.05) is 10.9 Å². The highest BCUT2D eigenvalue weighted by Gasteiger charge is 2.26. The van der Waals surface area contributed by atoms with E-state index in [1.54, 1.807) is 0 Å². The lowest BCUT2D eigenvalue weighted by Gasteiger charge is -2.17. The molecule has 2 N–H and O–H groups in total. The summed E-state index contributed by atoms with van der Waals surface area (Å²) in [5.74, 6) is 0.543. The molecule has 1 aliphatic carbocycles. The fourth-order valence-electron chi connectivity index (χ4n) is 2.57. The van der Waals surface area contributed by atoms with Crippen LogP contribution in [0, 0.1) is 5.92 Å². The Labute approximate surface area is 110 Å². The summed E-state index contributed by atoms with van der Waals surface area (Å²) < 4.78 is 7.98. The van der Waals surface area contributed by atoms with Gasteiger partial charge in [-0.2, -0.15) is 5.10 Å². The molecule has 4 nitrogen and oxygen atoms in total. The van der Waals surface area contributed by atoms with E-state index in [2.05, 4.69) is 25.0 Å². The fourth-order valence-corrected chi connectivity index (χ4v) is 2.57. The maximum Gasteiger partial charge on any atom is 0.0910 e. The van der Waals surface area contributed by atoms with Crippen LogP contribution in [0.5, 0.6) is 0 Å². The van der Waals surface area contributed by atoms with Gasteiger partial charge in [-0.3, -0.25) is 4.68 Å². The van der Waals surface area contributed by atoms with Crippen LogP contribution in [0.2, 0.25) is 0 Å². The van der Waals surface area contributed by atoms with Crippen molar-refractivity contribution in [2.75, 3.05) is 6.54 Å². The third-order valence-corrected chi connectivity index (χ3v) is 4.04. The molecule has 1 heterocycles. The Morgan fingerprint density at radius 2 is 2.39 bits per heavy atom. The Kier molecular flexibility index (Phi) is 4.78. The number of nitrogens with zero attached hydrogens (tertiary/aromatic N) is 2. The van der Waals surface area contributed by atoms with E-state index in [4.69, 9.17) is 10.5 Å². The predicted octanol–water partition coefficient (Wildman–Crippen LogP) is 2.50. The van der Waals surface area contributed by atoms with E-state index < -0.39 is 0 Å². The molecule has 18 heavy (non-hydrogen) atoms. The molecule has 2 rings (SSSR count). The SMILES string of the molecule is CCC(C)n1ccc(COC2CCCC2CN)n1. The number of rotatable bonds is 6. The first-order valence-electron chi connectivity index (χ1n) is 7.10. The van der Waals surface area contributed by atoms with Gasteiger partial charge in [0, 0.05) is 12.2 Å². The highest BCUT2D eigenvalue weighted by Crippen LogP contribution is 2.28. The van der Waals surface area contributed by atoms with Crippen LogP contribution in [0.1, 0.15) is 51.3 Å². The van der Waals surface area contributed by atoms with E-state index in [9.17, 15) is 0 Å². The Hall–Kier alpha value is -0.870. The Morgan fingerprint density at radius 3 is 3.11 bits per heavy atom. The van der Waals surface area contributed by atoms with Crippen LogP contribution in [0.3, 0.4) is 0 Å². The first-order valence-corrected chi connectivity index (χ1v) is 7.10. The summed E-state index contributed by atoms with van der Waals surface area (Å²) in [5, 5.41) is 4.55. The maximum atomic E-state index is 5.96. The summed E-state index contributed by atoms with van der Waals surface area (Å²) >= 11 is 0. The zero-order chi connectivity index (χ0) is 13.0. The molecule has 0 aliphatic heterocycles. The Balaban J connectivity index is 1.84. The zero-order valence-corrected chi connectivity index (χ0v) is 11.5. The van der Waals surface area contributed by atoms with Gasteiger partial charge in [0.05, 0.1) is 18.4 Å². The molecule has 0 amide bonds. The molecule has 102 valence electrons. The lowest BCUT2D eigenvalue weighted by molar-refractivity contribution is 0.0163. The Morgan fingerprint density at radius 1 is 1.56 bits per heavy atom. The van der Waals surface area contributed by atoms with Crippen molar-refractivity contribution in [1.82, 2.24) is 9.78 Å². The molecule has 4 heteroatoms. The second-order valence-corrected chi connectivity index (χ2v) is 5.32. The van der Waals surface area contributed by atoms with Crippen LogP contribution in [0.15, 0.2) is 12.3 Å². The quantitative estimate of drug-likeness (QED) is 0.845. The summed E-state index contributed by atoms with van der Waals surface area (Å²) in [6, 6.07) is 2.51. The van der Waals surface area contributed by atoms with Crippen molar-refractivity contribution in [1.29, 1.82) is 0 Å². The van der Waals surface area contributed by atoms with Crippen molar-refractivity contribution in [3.8, 4) is 0 Å². The van der Waals surface area contributed by atoms with Crippen molar-refractivity contribution < 1.29 is 4.74 Å². The van der Waals surface area contributed by atoms with E-state index in [0.29, 0.717) is 24.7 Å². The zero-order valence-electron chi connectivity index (χ0n) is 11.5. The van der Waals surface area contributed by atoms with Gasteiger partial charge in [-0.1, -0.05) is 13.3 Å². The van der Waals surface area contributed by atoms with Gasteiger partial charge >= 0.3 is 0 Å². The average Bonchev–Trinajstić information content (AvgIpc) is 3.03. The molecular formula is C14H25N3O. The lowest BCUT2D eigenvalue weighted by atomic mass is 10.1. The molecule has 0 saturated heterocycles. The molecule has 1 fully saturated rings. The lowest BCUT2D eigenvalue weighted by Crippen LogP contribution is -2.25. The van der Waals surface area contributed by atoms with Crippen LogP contribution in [0.25, 0.3) is 0 Å². The molecule has 0 spiro atoms. The Bertz CT molecular complexity index is 364. The number of hydrogen-bond donors (Lipinski definition) is 1. The largest absolute Gasteiger partial charge is 0.372 e. The van der Waals surface area contributed by atoms with Crippen LogP contribution < -0.4 is 5.73 Å². The third kappa shape index (κ3) is 3.12. The van der Waals surface area contributed by atoms with E-state index in [0.717, 1.165) is 25.1 Å². The van der Waals surface area contributed by atoms with Gasteiger partial charge in [-0.05, 0) is 44.7 Å². The minimum atomic E-state index is 0.337. The van der Waals surface area contributed by atoms with Crippen molar-refractivity contribution in [3.05, 3.63) is 18.0 Å². The van der Waals surface area contributed by atoms with Crippen LogP contribution in [-0.4, -0.2) is 22.4 Å². The van der Waals surface area contributed by atoms with Gasteiger partial charge < -0.3 is 10.5 Å². The molecule has 1 aliphatic rings. The summed E-state index contributed by atoms with van der Waals surface area (Å²) in [5.41, 5.74) is 6.78. The molecule has 3 unspecified atom stereocenters. The van der Waals surface area contributed by atoms with Gasteiger partial charge in [0.1, 0.15) is 0 Å². The van der Waals surface area contributed by atoms with Gasteiger partial charge in [0.15, 0.2) is 0 Å². The van der Waals surface area contributed by atoms with Crippen LogP contribution in [0.4, 0.5) is 0 Å². The van der Waals surface area contributed by atoms with Crippen molar-refractivity contribution in [3.63, 3.8) is 0 Å². The monoisotopic (exact) mass is 251 g/mol. The average molecular weight is 251 g/mol. The molecule has 3 atom stereocenters. The van der Waals surface area contributed by atoms with Crippen LogP contribution in [-0.2, 0) is 11.3 Å². The minimum absolute atomic E-state index is 0.337. The molecule has 1 saturated carbocycles. The van der Waals surface area contributed by atoms with Gasteiger partial charge in [-0.25, -0.2) is 0 Å². The smallest absolute Gasteiger partial charge is 0.0910 e. The van der Waals surface area contributed by atoms with Crippen LogP contribution >= 0.6 is 0 Å². The summed E-state index contributed by atoms with van der Waals surface area (Å²) in [6.45, 7) is 5.71. The maximum absolute atomic E-state index is 5.96. The highest BCUT2D eigenvalue weighted by molar-refractivity contribution is 4.98. The fraction of sp³-hybridized carbons (Fsp3) is 0.786. The molecule has 0 radical (unpaired) electrons. The topological polar surface area (TPSA) is 53.1 Å². The van der Waals surface area contributed by atoms with Crippen molar-refractivity contribution >= 4 is 0 Å². The third-order valence-electron chi connectivity index (χ3n) is 4.04. The molecular weight excluding hydrogens is 226 g/mol. The summed E-state index contributed by atoms with van der Waals surface area (Å²) in [4.78, 5) is 0.